The number of fused-ring (bicyclic) bond motifs is 1. The van der Waals surface area contributed by atoms with Gasteiger partial charge in [-0.15, -0.1) is 0 Å². The van der Waals surface area contributed by atoms with Crippen LogP contribution in [0.25, 0.3) is 11.2 Å². The van der Waals surface area contributed by atoms with Crippen LogP contribution in [-0.4, -0.2) is 65.9 Å². The Balaban J connectivity index is 1.66. The SMILES string of the molecule is Nc1nc(OC2CCCCC2)nc2c1ncn2[C@@H]1O[C@H](CO)[C@@H](O)[C@H]1O. The first-order valence-corrected chi connectivity index (χ1v) is 8.87. The van der Waals surface area contributed by atoms with Crippen molar-refractivity contribution in [3.63, 3.8) is 0 Å². The minimum Gasteiger partial charge on any atom is -0.460 e. The van der Waals surface area contributed by atoms with Crippen molar-refractivity contribution in [2.75, 3.05) is 12.3 Å². The van der Waals surface area contributed by atoms with Gasteiger partial charge >= 0.3 is 6.01 Å². The zero-order valence-electron chi connectivity index (χ0n) is 14.2. The second kappa shape index (κ2) is 6.95. The maximum Gasteiger partial charge on any atom is 0.320 e. The maximum absolute atomic E-state index is 10.2. The molecule has 0 spiro atoms. The van der Waals surface area contributed by atoms with Crippen LogP contribution in [0.1, 0.15) is 38.3 Å². The van der Waals surface area contributed by atoms with Crippen LogP contribution in [-0.2, 0) is 4.74 Å². The highest BCUT2D eigenvalue weighted by Gasteiger charge is 2.44. The number of imidazole rings is 1. The minimum absolute atomic E-state index is 0.0610. The largest absolute Gasteiger partial charge is 0.460 e. The molecule has 4 rings (SSSR count). The van der Waals surface area contributed by atoms with E-state index in [1.165, 1.54) is 17.3 Å². The van der Waals surface area contributed by atoms with Gasteiger partial charge in [0.15, 0.2) is 23.2 Å². The fourth-order valence-electron chi connectivity index (χ4n) is 3.60. The van der Waals surface area contributed by atoms with Gasteiger partial charge < -0.3 is 30.5 Å². The van der Waals surface area contributed by atoms with Gasteiger partial charge in [0.1, 0.15) is 24.4 Å². The van der Waals surface area contributed by atoms with Crippen LogP contribution in [0.2, 0.25) is 0 Å². The van der Waals surface area contributed by atoms with E-state index in [0.717, 1.165) is 25.7 Å². The molecule has 5 N–H and O–H groups in total. The van der Waals surface area contributed by atoms with Crippen LogP contribution < -0.4 is 10.5 Å². The second-order valence-corrected chi connectivity index (χ2v) is 6.82. The van der Waals surface area contributed by atoms with E-state index in [9.17, 15) is 15.3 Å². The van der Waals surface area contributed by atoms with Gasteiger partial charge in [-0.2, -0.15) is 9.97 Å². The molecule has 2 aliphatic rings. The molecule has 0 bridgehead atoms. The number of nitrogens with two attached hydrogens (primary N) is 1. The molecule has 3 heterocycles. The minimum atomic E-state index is -1.23. The summed E-state index contributed by atoms with van der Waals surface area (Å²) in [5, 5.41) is 29.5. The van der Waals surface area contributed by atoms with E-state index in [0.29, 0.717) is 11.2 Å². The Morgan fingerprint density at radius 1 is 1.19 bits per heavy atom. The van der Waals surface area contributed by atoms with Gasteiger partial charge in [-0.05, 0) is 25.7 Å². The number of anilines is 1. The van der Waals surface area contributed by atoms with Crippen LogP contribution in [0.5, 0.6) is 6.01 Å². The highest BCUT2D eigenvalue weighted by molar-refractivity contribution is 5.82. The molecule has 1 aliphatic heterocycles. The lowest BCUT2D eigenvalue weighted by Gasteiger charge is -2.22. The molecule has 2 aromatic heterocycles. The summed E-state index contributed by atoms with van der Waals surface area (Å²) in [5.74, 6) is 0.173. The van der Waals surface area contributed by atoms with Crippen molar-refractivity contribution in [1.29, 1.82) is 0 Å². The molecule has 0 aromatic carbocycles. The molecule has 0 amide bonds. The first kappa shape index (κ1) is 17.4. The molecule has 1 saturated carbocycles. The molecule has 0 unspecified atom stereocenters. The van der Waals surface area contributed by atoms with Crippen molar-refractivity contribution in [2.24, 2.45) is 0 Å². The lowest BCUT2D eigenvalue weighted by atomic mass is 9.98. The normalized spacial score (nSPS) is 30.1. The second-order valence-electron chi connectivity index (χ2n) is 6.82. The third-order valence-corrected chi connectivity index (χ3v) is 5.04. The first-order chi connectivity index (χ1) is 12.6. The topological polar surface area (TPSA) is 149 Å². The summed E-state index contributed by atoms with van der Waals surface area (Å²) in [5.41, 5.74) is 6.70. The summed E-state index contributed by atoms with van der Waals surface area (Å²) < 4.78 is 12.9. The molecular formula is C16H23N5O5. The summed E-state index contributed by atoms with van der Waals surface area (Å²) in [4.78, 5) is 12.8. The van der Waals surface area contributed by atoms with Gasteiger partial charge in [-0.25, -0.2) is 4.98 Å². The van der Waals surface area contributed by atoms with Crippen LogP contribution in [0.15, 0.2) is 6.33 Å². The van der Waals surface area contributed by atoms with E-state index in [4.69, 9.17) is 15.2 Å². The molecule has 2 fully saturated rings. The number of nitrogen functional groups attached to an aromatic ring is 1. The molecule has 10 heteroatoms. The van der Waals surface area contributed by atoms with Crippen molar-refractivity contribution in [2.45, 2.75) is 62.7 Å². The quantitative estimate of drug-likeness (QED) is 0.574. The van der Waals surface area contributed by atoms with Crippen LogP contribution in [0.3, 0.4) is 0 Å². The number of hydrogen-bond acceptors (Lipinski definition) is 9. The zero-order valence-corrected chi connectivity index (χ0v) is 14.2. The van der Waals surface area contributed by atoms with E-state index in [1.807, 2.05) is 0 Å². The Labute approximate surface area is 149 Å². The third kappa shape index (κ3) is 2.98. The molecule has 26 heavy (non-hydrogen) atoms. The van der Waals surface area contributed by atoms with Crippen molar-refractivity contribution in [1.82, 2.24) is 19.5 Å². The van der Waals surface area contributed by atoms with Gasteiger partial charge in [-0.3, -0.25) is 4.57 Å². The summed E-state index contributed by atoms with van der Waals surface area (Å²) in [6.07, 6.45) is 2.55. The summed E-state index contributed by atoms with van der Waals surface area (Å²) in [7, 11) is 0. The van der Waals surface area contributed by atoms with Crippen molar-refractivity contribution >= 4 is 17.0 Å². The molecule has 142 valence electrons. The van der Waals surface area contributed by atoms with Crippen LogP contribution >= 0.6 is 0 Å². The number of aliphatic hydroxyl groups is 3. The number of hydrogen-bond donors (Lipinski definition) is 4. The monoisotopic (exact) mass is 365 g/mol. The smallest absolute Gasteiger partial charge is 0.320 e. The number of rotatable bonds is 4. The van der Waals surface area contributed by atoms with Crippen LogP contribution in [0.4, 0.5) is 5.82 Å². The maximum atomic E-state index is 10.2. The third-order valence-electron chi connectivity index (χ3n) is 5.04. The van der Waals surface area contributed by atoms with Crippen LogP contribution in [0, 0.1) is 0 Å². The van der Waals surface area contributed by atoms with Gasteiger partial charge in [0, 0.05) is 0 Å². The highest BCUT2D eigenvalue weighted by Crippen LogP contribution is 2.32. The molecule has 4 atom stereocenters. The molecule has 10 nitrogen and oxygen atoms in total. The molecular weight excluding hydrogens is 342 g/mol. The van der Waals surface area contributed by atoms with Gasteiger partial charge in [0.2, 0.25) is 0 Å². The molecule has 0 radical (unpaired) electrons. The summed E-state index contributed by atoms with van der Waals surface area (Å²) >= 11 is 0. The van der Waals surface area contributed by atoms with E-state index in [2.05, 4.69) is 15.0 Å². The average molecular weight is 365 g/mol. The van der Waals surface area contributed by atoms with Gasteiger partial charge in [0.25, 0.3) is 0 Å². The van der Waals surface area contributed by atoms with Crippen molar-refractivity contribution in [3.05, 3.63) is 6.33 Å². The fourth-order valence-corrected chi connectivity index (χ4v) is 3.60. The number of ether oxygens (including phenoxy) is 2. The standard InChI is InChI=1S/C16H23N5O5/c17-13-10-14(20-16(19-13)25-8-4-2-1-3-5-8)21(7-18-10)15-12(24)11(23)9(6-22)26-15/h7-9,11-12,15,22-24H,1-6H2,(H2,17,19,20)/t9-,11-,12-,15-/m1/s1. The van der Waals surface area contributed by atoms with Gasteiger partial charge in [0.05, 0.1) is 12.9 Å². The van der Waals surface area contributed by atoms with Gasteiger partial charge in [-0.1, -0.05) is 6.42 Å². The lowest BCUT2D eigenvalue weighted by molar-refractivity contribution is -0.0511. The Bertz CT molecular complexity index is 778. The molecule has 1 aliphatic carbocycles. The summed E-state index contributed by atoms with van der Waals surface area (Å²) in [6.45, 7) is -0.408. The number of aromatic nitrogens is 4. The Morgan fingerprint density at radius 3 is 2.65 bits per heavy atom. The highest BCUT2D eigenvalue weighted by atomic mass is 16.6. The summed E-state index contributed by atoms with van der Waals surface area (Å²) in [6, 6.07) is 0.162. The van der Waals surface area contributed by atoms with Crippen molar-refractivity contribution < 1.29 is 24.8 Å². The lowest BCUT2D eigenvalue weighted by Crippen LogP contribution is -2.33. The predicted octanol–water partition coefficient (Wildman–Crippen LogP) is -0.269. The Morgan fingerprint density at radius 2 is 1.96 bits per heavy atom. The number of nitrogens with zero attached hydrogens (tertiary/aromatic N) is 4. The Hall–Kier alpha value is -2.01. The predicted molar refractivity (Wildman–Crippen MR) is 90.2 cm³/mol. The number of aliphatic hydroxyl groups excluding tert-OH is 3. The molecule has 1 saturated heterocycles. The zero-order chi connectivity index (χ0) is 18.3. The van der Waals surface area contributed by atoms with E-state index in [-0.39, 0.29) is 17.9 Å². The average Bonchev–Trinajstić information content (AvgIpc) is 3.18. The Kier molecular flexibility index (Phi) is 4.65. The van der Waals surface area contributed by atoms with Crippen molar-refractivity contribution in [3.8, 4) is 6.01 Å². The fraction of sp³-hybridized carbons (Fsp3) is 0.688. The van der Waals surface area contributed by atoms with E-state index >= 15 is 0 Å². The van der Waals surface area contributed by atoms with E-state index < -0.39 is 31.1 Å². The first-order valence-electron chi connectivity index (χ1n) is 8.87. The molecule has 2 aromatic rings. The van der Waals surface area contributed by atoms with E-state index in [1.54, 1.807) is 0 Å².